The summed E-state index contributed by atoms with van der Waals surface area (Å²) in [6.07, 6.45) is 0. The van der Waals surface area contributed by atoms with E-state index in [1.165, 1.54) is 17.0 Å². The molecular formula is C13H12N2O4S. The topological polar surface area (TPSA) is 92.5 Å². The number of nitrogens with zero attached hydrogens (tertiary/aromatic N) is 1. The number of nitrogens with one attached hydrogen (secondary N) is 1. The van der Waals surface area contributed by atoms with Gasteiger partial charge in [0.1, 0.15) is 0 Å². The number of hydrogen-bond donors (Lipinski definition) is 2. The van der Waals surface area contributed by atoms with Crippen molar-refractivity contribution in [2.45, 2.75) is 13.5 Å². The molecule has 0 spiro atoms. The summed E-state index contributed by atoms with van der Waals surface area (Å²) >= 11 is 1.61. The Bertz CT molecular complexity index is 666. The van der Waals surface area contributed by atoms with Crippen molar-refractivity contribution in [2.24, 2.45) is 0 Å². The van der Waals surface area contributed by atoms with Crippen molar-refractivity contribution in [3.8, 4) is 0 Å². The van der Waals surface area contributed by atoms with E-state index in [-0.39, 0.29) is 11.3 Å². The molecule has 2 aromatic rings. The molecule has 1 heterocycles. The minimum atomic E-state index is -1.20. The molecule has 1 aromatic heterocycles. The first-order valence-corrected chi connectivity index (χ1v) is 6.60. The van der Waals surface area contributed by atoms with Crippen molar-refractivity contribution in [3.63, 3.8) is 0 Å². The number of nitro benzene ring substituents is 1. The zero-order valence-electron chi connectivity index (χ0n) is 10.6. The Morgan fingerprint density at radius 1 is 1.40 bits per heavy atom. The highest BCUT2D eigenvalue weighted by Gasteiger charge is 2.15. The summed E-state index contributed by atoms with van der Waals surface area (Å²) in [5.41, 5.74) is 0.0292. The van der Waals surface area contributed by atoms with Crippen LogP contribution in [0.15, 0.2) is 30.3 Å². The maximum Gasteiger partial charge on any atom is 0.338 e. The van der Waals surface area contributed by atoms with E-state index in [4.69, 9.17) is 5.11 Å². The van der Waals surface area contributed by atoms with Crippen molar-refractivity contribution in [3.05, 3.63) is 55.8 Å². The molecule has 0 fully saturated rings. The molecule has 0 atom stereocenters. The van der Waals surface area contributed by atoms with Crippen molar-refractivity contribution >= 4 is 28.7 Å². The number of benzene rings is 1. The lowest BCUT2D eigenvalue weighted by atomic mass is 10.1. The molecule has 2 rings (SSSR count). The molecule has 0 unspecified atom stereocenters. The third-order valence-electron chi connectivity index (χ3n) is 2.69. The second-order valence-electron chi connectivity index (χ2n) is 4.16. The van der Waals surface area contributed by atoms with Gasteiger partial charge in [0.2, 0.25) is 0 Å². The molecule has 0 amide bonds. The van der Waals surface area contributed by atoms with E-state index in [0.29, 0.717) is 12.2 Å². The molecule has 104 valence electrons. The molecule has 1 aromatic carbocycles. The van der Waals surface area contributed by atoms with Crippen molar-refractivity contribution < 1.29 is 14.8 Å². The predicted molar refractivity (Wildman–Crippen MR) is 76.4 cm³/mol. The molecule has 0 aliphatic heterocycles. The zero-order valence-corrected chi connectivity index (χ0v) is 11.4. The van der Waals surface area contributed by atoms with Crippen LogP contribution in [0.5, 0.6) is 0 Å². The summed E-state index contributed by atoms with van der Waals surface area (Å²) in [6, 6.07) is 7.70. The van der Waals surface area contributed by atoms with Gasteiger partial charge in [0.05, 0.1) is 10.5 Å². The monoisotopic (exact) mass is 292 g/mol. The lowest BCUT2D eigenvalue weighted by Crippen LogP contribution is -2.06. The molecule has 0 bridgehead atoms. The third kappa shape index (κ3) is 3.12. The van der Waals surface area contributed by atoms with E-state index >= 15 is 0 Å². The first kappa shape index (κ1) is 14.0. The van der Waals surface area contributed by atoms with E-state index in [9.17, 15) is 14.9 Å². The lowest BCUT2D eigenvalue weighted by molar-refractivity contribution is -0.384. The highest BCUT2D eigenvalue weighted by molar-refractivity contribution is 7.11. The van der Waals surface area contributed by atoms with E-state index in [1.54, 1.807) is 11.3 Å². The maximum absolute atomic E-state index is 11.2. The standard InChI is InChI=1S/C13H12N2O4S/c1-8-2-4-10(20-8)7-14-12-5-3-9(15(18)19)6-11(12)13(16)17/h2-6,14H,7H2,1H3,(H,16,17). The van der Waals surface area contributed by atoms with Gasteiger partial charge >= 0.3 is 5.97 Å². The number of non-ortho nitro benzene ring substituents is 1. The number of rotatable bonds is 5. The molecule has 7 heteroatoms. The molecule has 6 nitrogen and oxygen atoms in total. The van der Waals surface area contributed by atoms with Crippen LogP contribution in [-0.4, -0.2) is 16.0 Å². The summed E-state index contributed by atoms with van der Waals surface area (Å²) in [6.45, 7) is 2.47. The van der Waals surface area contributed by atoms with E-state index in [0.717, 1.165) is 10.9 Å². The van der Waals surface area contributed by atoms with Crippen molar-refractivity contribution in [1.82, 2.24) is 0 Å². The first-order chi connectivity index (χ1) is 9.47. The summed E-state index contributed by atoms with van der Waals surface area (Å²) in [7, 11) is 0. The SMILES string of the molecule is Cc1ccc(CNc2ccc([N+](=O)[O-])cc2C(=O)O)s1. The van der Waals surface area contributed by atoms with E-state index < -0.39 is 10.9 Å². The number of hydrogen-bond acceptors (Lipinski definition) is 5. The Balaban J connectivity index is 2.22. The Morgan fingerprint density at radius 2 is 2.15 bits per heavy atom. The largest absolute Gasteiger partial charge is 0.478 e. The fraction of sp³-hybridized carbons (Fsp3) is 0.154. The fourth-order valence-electron chi connectivity index (χ4n) is 1.74. The van der Waals surface area contributed by atoms with Crippen molar-refractivity contribution in [2.75, 3.05) is 5.32 Å². The number of aryl methyl sites for hydroxylation is 1. The Labute approximate surface area is 118 Å². The van der Waals surface area contributed by atoms with Gasteiger partial charge in [0.25, 0.3) is 5.69 Å². The minimum absolute atomic E-state index is 0.104. The molecule has 0 saturated carbocycles. The molecular weight excluding hydrogens is 280 g/mol. The Morgan fingerprint density at radius 3 is 2.70 bits per heavy atom. The van der Waals surface area contributed by atoms with Gasteiger partial charge in [-0.15, -0.1) is 11.3 Å². The molecule has 0 saturated heterocycles. The van der Waals surface area contributed by atoms with E-state index in [1.807, 2.05) is 19.1 Å². The second kappa shape index (κ2) is 5.70. The first-order valence-electron chi connectivity index (χ1n) is 5.78. The van der Waals surface area contributed by atoms with Gasteiger partial charge in [-0.3, -0.25) is 10.1 Å². The number of carbonyl (C=O) groups is 1. The molecule has 0 radical (unpaired) electrons. The molecule has 2 N–H and O–H groups in total. The molecule has 20 heavy (non-hydrogen) atoms. The van der Waals surface area contributed by atoms with Crippen LogP contribution in [0.4, 0.5) is 11.4 Å². The van der Waals surface area contributed by atoms with Gasteiger partial charge in [0, 0.05) is 34.1 Å². The summed E-state index contributed by atoms with van der Waals surface area (Å²) < 4.78 is 0. The number of thiophene rings is 1. The minimum Gasteiger partial charge on any atom is -0.478 e. The fourth-order valence-corrected chi connectivity index (χ4v) is 2.57. The van der Waals surface area contributed by atoms with Crippen LogP contribution in [0.1, 0.15) is 20.1 Å². The number of anilines is 1. The number of carboxylic acid groups (broad SMARTS) is 1. The van der Waals surface area contributed by atoms with Crippen LogP contribution in [0.2, 0.25) is 0 Å². The average Bonchev–Trinajstić information content (AvgIpc) is 2.81. The van der Waals surface area contributed by atoms with Crippen LogP contribution in [0.25, 0.3) is 0 Å². The van der Waals surface area contributed by atoms with Crippen molar-refractivity contribution in [1.29, 1.82) is 0 Å². The summed E-state index contributed by atoms with van der Waals surface area (Å²) in [5.74, 6) is -1.20. The lowest BCUT2D eigenvalue weighted by Gasteiger charge is -2.08. The summed E-state index contributed by atoms with van der Waals surface area (Å²) in [5, 5.41) is 22.8. The van der Waals surface area contributed by atoms with Gasteiger partial charge in [-0.25, -0.2) is 4.79 Å². The molecule has 0 aliphatic rings. The van der Waals surface area contributed by atoms with Gasteiger partial charge in [-0.05, 0) is 25.1 Å². The highest BCUT2D eigenvalue weighted by Crippen LogP contribution is 2.24. The second-order valence-corrected chi connectivity index (χ2v) is 5.53. The van der Waals surface area contributed by atoms with Gasteiger partial charge in [-0.1, -0.05) is 0 Å². The van der Waals surface area contributed by atoms with Gasteiger partial charge in [-0.2, -0.15) is 0 Å². The quantitative estimate of drug-likeness (QED) is 0.651. The number of carboxylic acids is 1. The Hall–Kier alpha value is -2.41. The number of nitro groups is 1. The summed E-state index contributed by atoms with van der Waals surface area (Å²) in [4.78, 5) is 23.4. The number of aromatic carboxylic acids is 1. The zero-order chi connectivity index (χ0) is 14.7. The molecule has 0 aliphatic carbocycles. The smallest absolute Gasteiger partial charge is 0.338 e. The highest BCUT2D eigenvalue weighted by atomic mass is 32.1. The van der Waals surface area contributed by atoms with Crippen LogP contribution in [0.3, 0.4) is 0 Å². The van der Waals surface area contributed by atoms with Crippen LogP contribution in [-0.2, 0) is 6.54 Å². The van der Waals surface area contributed by atoms with E-state index in [2.05, 4.69) is 5.32 Å². The Kier molecular flexibility index (Phi) is 3.99. The van der Waals surface area contributed by atoms with Crippen LogP contribution >= 0.6 is 11.3 Å². The van der Waals surface area contributed by atoms with Crippen LogP contribution in [0, 0.1) is 17.0 Å². The average molecular weight is 292 g/mol. The van der Waals surface area contributed by atoms with Gasteiger partial charge < -0.3 is 10.4 Å². The van der Waals surface area contributed by atoms with Crippen LogP contribution < -0.4 is 5.32 Å². The maximum atomic E-state index is 11.2. The predicted octanol–water partition coefficient (Wildman–Crippen LogP) is 3.28. The normalized spacial score (nSPS) is 10.2. The third-order valence-corrected chi connectivity index (χ3v) is 3.69. The van der Waals surface area contributed by atoms with Gasteiger partial charge in [0.15, 0.2) is 0 Å².